The second kappa shape index (κ2) is 4.67. The molecule has 2 atom stereocenters. The number of rotatable bonds is 1. The zero-order valence-electron chi connectivity index (χ0n) is 10.0. The van der Waals surface area contributed by atoms with E-state index in [0.717, 1.165) is 17.6 Å². The Kier molecular flexibility index (Phi) is 3.19. The summed E-state index contributed by atoms with van der Waals surface area (Å²) in [5, 5.41) is 0. The normalized spacial score (nSPS) is 28.2. The SMILES string of the molecule is Nc1ccc(N2CCC3CCCCC32)c(I)c1. The van der Waals surface area contributed by atoms with E-state index < -0.39 is 0 Å². The minimum absolute atomic E-state index is 0.792. The van der Waals surface area contributed by atoms with Gasteiger partial charge in [-0.1, -0.05) is 12.8 Å². The van der Waals surface area contributed by atoms with Crippen LogP contribution in [-0.2, 0) is 0 Å². The van der Waals surface area contributed by atoms with Crippen molar-refractivity contribution in [3.63, 3.8) is 0 Å². The molecule has 1 saturated carbocycles. The molecule has 1 aromatic rings. The second-order valence-electron chi connectivity index (χ2n) is 5.30. The van der Waals surface area contributed by atoms with E-state index in [1.165, 1.54) is 47.9 Å². The highest BCUT2D eigenvalue weighted by atomic mass is 127. The van der Waals surface area contributed by atoms with Crippen LogP contribution in [0.25, 0.3) is 0 Å². The fourth-order valence-electron chi connectivity index (χ4n) is 3.46. The first-order valence-corrected chi connectivity index (χ1v) is 7.65. The highest BCUT2D eigenvalue weighted by Gasteiger charge is 2.36. The number of nitrogen functional groups attached to an aromatic ring is 1. The Balaban J connectivity index is 1.88. The third-order valence-electron chi connectivity index (χ3n) is 4.29. The van der Waals surface area contributed by atoms with Crippen molar-refractivity contribution in [2.24, 2.45) is 5.92 Å². The molecule has 17 heavy (non-hydrogen) atoms. The number of fused-ring (bicyclic) bond motifs is 1. The number of nitrogens with zero attached hydrogens (tertiary/aromatic N) is 1. The molecule has 0 aromatic heterocycles. The monoisotopic (exact) mass is 342 g/mol. The summed E-state index contributed by atoms with van der Waals surface area (Å²) >= 11 is 2.42. The van der Waals surface area contributed by atoms with Crippen molar-refractivity contribution >= 4 is 34.0 Å². The van der Waals surface area contributed by atoms with E-state index in [2.05, 4.69) is 39.6 Å². The molecule has 0 amide bonds. The fourth-order valence-corrected chi connectivity index (χ4v) is 4.31. The summed E-state index contributed by atoms with van der Waals surface area (Å²) in [6, 6.07) is 7.12. The topological polar surface area (TPSA) is 29.3 Å². The summed E-state index contributed by atoms with van der Waals surface area (Å²) < 4.78 is 1.30. The summed E-state index contributed by atoms with van der Waals surface area (Å²) in [4.78, 5) is 2.63. The van der Waals surface area contributed by atoms with E-state index >= 15 is 0 Å². The van der Waals surface area contributed by atoms with Crippen LogP contribution < -0.4 is 10.6 Å². The Morgan fingerprint density at radius 3 is 2.82 bits per heavy atom. The van der Waals surface area contributed by atoms with Crippen molar-refractivity contribution in [1.29, 1.82) is 0 Å². The first-order valence-electron chi connectivity index (χ1n) is 6.57. The van der Waals surface area contributed by atoms with E-state index in [1.807, 2.05) is 6.07 Å². The highest BCUT2D eigenvalue weighted by Crippen LogP contribution is 2.40. The quantitative estimate of drug-likeness (QED) is 0.624. The minimum Gasteiger partial charge on any atom is -0.399 e. The van der Waals surface area contributed by atoms with Gasteiger partial charge in [0.15, 0.2) is 0 Å². The van der Waals surface area contributed by atoms with Crippen LogP contribution in [0.1, 0.15) is 32.1 Å². The predicted molar refractivity (Wildman–Crippen MR) is 81.3 cm³/mol. The van der Waals surface area contributed by atoms with Crippen LogP contribution in [0.3, 0.4) is 0 Å². The Bertz CT molecular complexity index is 419. The molecule has 0 radical (unpaired) electrons. The predicted octanol–water partition coefficient (Wildman–Crippen LogP) is 3.64. The van der Waals surface area contributed by atoms with Gasteiger partial charge in [-0.3, -0.25) is 0 Å². The van der Waals surface area contributed by atoms with Crippen molar-refractivity contribution in [3.8, 4) is 0 Å². The van der Waals surface area contributed by atoms with Crippen LogP contribution in [0.5, 0.6) is 0 Å². The molecular formula is C14H19IN2. The smallest absolute Gasteiger partial charge is 0.0506 e. The Labute approximate surface area is 117 Å². The molecule has 1 aromatic carbocycles. The maximum atomic E-state index is 5.83. The van der Waals surface area contributed by atoms with Crippen LogP contribution >= 0.6 is 22.6 Å². The minimum atomic E-state index is 0.792. The molecule has 92 valence electrons. The van der Waals surface area contributed by atoms with Crippen LogP contribution in [0.15, 0.2) is 18.2 Å². The summed E-state index contributed by atoms with van der Waals surface area (Å²) in [6.07, 6.45) is 7.04. The van der Waals surface area contributed by atoms with E-state index in [4.69, 9.17) is 5.73 Å². The van der Waals surface area contributed by atoms with Crippen LogP contribution in [0.2, 0.25) is 0 Å². The van der Waals surface area contributed by atoms with Gasteiger partial charge < -0.3 is 10.6 Å². The van der Waals surface area contributed by atoms with Gasteiger partial charge in [-0.25, -0.2) is 0 Å². The van der Waals surface area contributed by atoms with Crippen LogP contribution in [0.4, 0.5) is 11.4 Å². The molecule has 0 bridgehead atoms. The molecule has 0 spiro atoms. The third-order valence-corrected chi connectivity index (χ3v) is 5.16. The largest absolute Gasteiger partial charge is 0.399 e. The van der Waals surface area contributed by atoms with Crippen molar-refractivity contribution in [1.82, 2.24) is 0 Å². The van der Waals surface area contributed by atoms with Gasteiger partial charge >= 0.3 is 0 Å². The lowest BCUT2D eigenvalue weighted by Crippen LogP contribution is -2.35. The first kappa shape index (κ1) is 11.6. The average Bonchev–Trinajstić information content (AvgIpc) is 2.73. The number of hydrogen-bond donors (Lipinski definition) is 1. The molecule has 3 heteroatoms. The van der Waals surface area contributed by atoms with Gasteiger partial charge in [-0.05, 0) is 66.0 Å². The van der Waals surface area contributed by atoms with Crippen molar-refractivity contribution in [2.45, 2.75) is 38.1 Å². The Morgan fingerprint density at radius 2 is 2.00 bits per heavy atom. The summed E-state index contributed by atoms with van der Waals surface area (Å²) in [5.41, 5.74) is 8.10. The van der Waals surface area contributed by atoms with Gasteiger partial charge in [0.2, 0.25) is 0 Å². The average molecular weight is 342 g/mol. The van der Waals surface area contributed by atoms with Gasteiger partial charge in [0.05, 0.1) is 5.69 Å². The maximum absolute atomic E-state index is 5.83. The van der Waals surface area contributed by atoms with E-state index in [9.17, 15) is 0 Å². The molecule has 1 aliphatic carbocycles. The molecule has 2 unspecified atom stereocenters. The molecule has 2 N–H and O–H groups in total. The van der Waals surface area contributed by atoms with Crippen LogP contribution in [-0.4, -0.2) is 12.6 Å². The zero-order valence-corrected chi connectivity index (χ0v) is 12.2. The number of nitrogens with two attached hydrogens (primary N) is 1. The standard InChI is InChI=1S/C14H19IN2/c15-12-9-11(16)5-6-14(12)17-8-7-10-3-1-2-4-13(10)17/h5-6,9-10,13H,1-4,7-8,16H2. The summed E-state index contributed by atoms with van der Waals surface area (Å²) in [7, 11) is 0. The highest BCUT2D eigenvalue weighted by molar-refractivity contribution is 14.1. The second-order valence-corrected chi connectivity index (χ2v) is 6.47. The molecule has 1 saturated heterocycles. The third kappa shape index (κ3) is 2.14. The van der Waals surface area contributed by atoms with Crippen molar-refractivity contribution in [2.75, 3.05) is 17.2 Å². The lowest BCUT2D eigenvalue weighted by atomic mass is 9.85. The lowest BCUT2D eigenvalue weighted by Gasteiger charge is -2.33. The Hall–Kier alpha value is -0.450. The molecule has 2 aliphatic rings. The molecule has 1 heterocycles. The number of benzene rings is 1. The molecular weight excluding hydrogens is 323 g/mol. The summed E-state index contributed by atoms with van der Waals surface area (Å²) in [6.45, 7) is 1.23. The van der Waals surface area contributed by atoms with Crippen LogP contribution in [0, 0.1) is 9.49 Å². The summed E-state index contributed by atoms with van der Waals surface area (Å²) in [5.74, 6) is 0.942. The van der Waals surface area contributed by atoms with Gasteiger partial charge in [-0.15, -0.1) is 0 Å². The van der Waals surface area contributed by atoms with Gasteiger partial charge in [0.1, 0.15) is 0 Å². The first-order chi connectivity index (χ1) is 8.25. The number of hydrogen-bond acceptors (Lipinski definition) is 2. The van der Waals surface area contributed by atoms with E-state index in [1.54, 1.807) is 0 Å². The molecule has 2 fully saturated rings. The van der Waals surface area contributed by atoms with Gasteiger partial charge in [0.25, 0.3) is 0 Å². The molecule has 2 nitrogen and oxygen atoms in total. The lowest BCUT2D eigenvalue weighted by molar-refractivity contribution is 0.342. The zero-order chi connectivity index (χ0) is 11.8. The number of anilines is 2. The maximum Gasteiger partial charge on any atom is 0.0506 e. The van der Waals surface area contributed by atoms with E-state index in [0.29, 0.717) is 0 Å². The molecule has 3 rings (SSSR count). The Morgan fingerprint density at radius 1 is 1.18 bits per heavy atom. The van der Waals surface area contributed by atoms with Crippen molar-refractivity contribution < 1.29 is 0 Å². The van der Waals surface area contributed by atoms with Gasteiger partial charge in [0, 0.05) is 21.8 Å². The fraction of sp³-hybridized carbons (Fsp3) is 0.571. The number of halogens is 1. The van der Waals surface area contributed by atoms with Gasteiger partial charge in [-0.2, -0.15) is 0 Å². The van der Waals surface area contributed by atoms with E-state index in [-0.39, 0.29) is 0 Å². The van der Waals surface area contributed by atoms with Crippen molar-refractivity contribution in [3.05, 3.63) is 21.8 Å². The molecule has 1 aliphatic heterocycles.